The van der Waals surface area contributed by atoms with Gasteiger partial charge in [0, 0.05) is 15.5 Å². The molecular formula is C12H13BrClN3O. The second-order valence-electron chi connectivity index (χ2n) is 4.16. The number of nitrogens with zero attached hydrogens (tertiary/aromatic N) is 2. The van der Waals surface area contributed by atoms with E-state index < -0.39 is 0 Å². The van der Waals surface area contributed by atoms with Crippen LogP contribution in [0.1, 0.15) is 19.7 Å². The lowest BCUT2D eigenvalue weighted by Crippen LogP contribution is -2.21. The van der Waals surface area contributed by atoms with Crippen molar-refractivity contribution in [3.8, 4) is 11.5 Å². The number of rotatable bonds is 4. The second-order valence-corrected chi connectivity index (χ2v) is 5.45. The van der Waals surface area contributed by atoms with Crippen LogP contribution >= 0.6 is 27.5 Å². The molecule has 0 atom stereocenters. The van der Waals surface area contributed by atoms with Gasteiger partial charge in [-0.05, 0) is 34.1 Å². The Bertz CT molecular complexity index is 542. The van der Waals surface area contributed by atoms with Crippen LogP contribution in [0.25, 0.3) is 11.5 Å². The molecule has 0 spiro atoms. The van der Waals surface area contributed by atoms with Crippen LogP contribution in [0, 0.1) is 0 Å². The van der Waals surface area contributed by atoms with E-state index in [9.17, 15) is 0 Å². The lowest BCUT2D eigenvalue weighted by atomic mass is 10.2. The first-order valence-electron chi connectivity index (χ1n) is 5.57. The summed E-state index contributed by atoms with van der Waals surface area (Å²) in [7, 11) is 0. The summed E-state index contributed by atoms with van der Waals surface area (Å²) in [5.41, 5.74) is 0.836. The highest BCUT2D eigenvalue weighted by Crippen LogP contribution is 2.29. The Morgan fingerprint density at radius 2 is 2.17 bits per heavy atom. The molecule has 0 radical (unpaired) electrons. The van der Waals surface area contributed by atoms with E-state index in [4.69, 9.17) is 16.0 Å². The van der Waals surface area contributed by atoms with Crippen molar-refractivity contribution >= 4 is 27.5 Å². The monoisotopic (exact) mass is 329 g/mol. The van der Waals surface area contributed by atoms with Crippen LogP contribution in [-0.4, -0.2) is 16.2 Å². The third kappa shape index (κ3) is 3.31. The fourth-order valence-corrected chi connectivity index (χ4v) is 2.24. The molecule has 1 heterocycles. The maximum atomic E-state index is 5.89. The first-order chi connectivity index (χ1) is 8.56. The van der Waals surface area contributed by atoms with Crippen LogP contribution in [0.4, 0.5) is 0 Å². The minimum atomic E-state index is 0.377. The quantitative estimate of drug-likeness (QED) is 0.929. The highest BCUT2D eigenvalue weighted by molar-refractivity contribution is 9.10. The third-order valence-electron chi connectivity index (χ3n) is 2.29. The normalized spacial score (nSPS) is 11.2. The van der Waals surface area contributed by atoms with E-state index in [2.05, 4.69) is 45.3 Å². The van der Waals surface area contributed by atoms with Crippen LogP contribution in [0.3, 0.4) is 0 Å². The molecule has 2 aromatic rings. The third-order valence-corrected chi connectivity index (χ3v) is 3.18. The molecule has 0 aliphatic heterocycles. The van der Waals surface area contributed by atoms with Crippen molar-refractivity contribution in [3.63, 3.8) is 0 Å². The van der Waals surface area contributed by atoms with Crippen molar-refractivity contribution in [2.24, 2.45) is 0 Å². The van der Waals surface area contributed by atoms with Crippen molar-refractivity contribution in [2.75, 3.05) is 0 Å². The zero-order valence-electron chi connectivity index (χ0n) is 10.1. The standard InChI is InChI=1S/C12H13BrClN3O/c1-7(2)15-6-11-16-17-12(18-11)9-4-3-8(14)5-10(9)13/h3-5,7,15H,6H2,1-2H3. The van der Waals surface area contributed by atoms with Gasteiger partial charge in [0.15, 0.2) is 0 Å². The first kappa shape index (κ1) is 13.5. The van der Waals surface area contributed by atoms with E-state index >= 15 is 0 Å². The molecule has 18 heavy (non-hydrogen) atoms. The van der Waals surface area contributed by atoms with E-state index in [0.717, 1.165) is 10.0 Å². The molecular weight excluding hydrogens is 318 g/mol. The Balaban J connectivity index is 2.18. The summed E-state index contributed by atoms with van der Waals surface area (Å²) in [5.74, 6) is 1.06. The zero-order valence-corrected chi connectivity index (χ0v) is 12.4. The average Bonchev–Trinajstić information content (AvgIpc) is 2.75. The second kappa shape index (κ2) is 5.82. The van der Waals surface area contributed by atoms with Gasteiger partial charge in [-0.1, -0.05) is 25.4 Å². The van der Waals surface area contributed by atoms with Gasteiger partial charge >= 0.3 is 0 Å². The molecule has 2 rings (SSSR count). The van der Waals surface area contributed by atoms with Gasteiger partial charge in [0.1, 0.15) is 0 Å². The molecule has 96 valence electrons. The van der Waals surface area contributed by atoms with Crippen molar-refractivity contribution in [1.82, 2.24) is 15.5 Å². The van der Waals surface area contributed by atoms with E-state index in [1.54, 1.807) is 12.1 Å². The van der Waals surface area contributed by atoms with Crippen LogP contribution < -0.4 is 5.32 Å². The summed E-state index contributed by atoms with van der Waals surface area (Å²) in [4.78, 5) is 0. The van der Waals surface area contributed by atoms with Gasteiger partial charge in [-0.15, -0.1) is 10.2 Å². The number of hydrogen-bond acceptors (Lipinski definition) is 4. The summed E-state index contributed by atoms with van der Waals surface area (Å²) >= 11 is 9.31. The molecule has 1 aromatic carbocycles. The lowest BCUT2D eigenvalue weighted by Gasteiger charge is -2.03. The predicted octanol–water partition coefficient (Wildman–Crippen LogP) is 3.65. The minimum Gasteiger partial charge on any atom is -0.419 e. The number of aromatic nitrogens is 2. The molecule has 0 aliphatic rings. The van der Waals surface area contributed by atoms with E-state index in [1.807, 2.05) is 6.07 Å². The van der Waals surface area contributed by atoms with Crippen LogP contribution in [0.2, 0.25) is 5.02 Å². The van der Waals surface area contributed by atoms with Gasteiger partial charge in [-0.3, -0.25) is 0 Å². The molecule has 0 amide bonds. The fraction of sp³-hybridized carbons (Fsp3) is 0.333. The van der Waals surface area contributed by atoms with Crippen LogP contribution in [0.5, 0.6) is 0 Å². The molecule has 6 heteroatoms. The first-order valence-corrected chi connectivity index (χ1v) is 6.74. The SMILES string of the molecule is CC(C)NCc1nnc(-c2ccc(Cl)cc2Br)o1. The number of benzene rings is 1. The Kier molecular flexibility index (Phi) is 4.37. The predicted molar refractivity (Wildman–Crippen MR) is 74.4 cm³/mol. The number of nitrogens with one attached hydrogen (secondary N) is 1. The van der Waals surface area contributed by atoms with Crippen molar-refractivity contribution in [3.05, 3.63) is 33.6 Å². The van der Waals surface area contributed by atoms with E-state index in [0.29, 0.717) is 29.4 Å². The minimum absolute atomic E-state index is 0.377. The van der Waals surface area contributed by atoms with Crippen molar-refractivity contribution in [1.29, 1.82) is 0 Å². The van der Waals surface area contributed by atoms with Crippen LogP contribution in [0.15, 0.2) is 27.1 Å². The molecule has 0 saturated heterocycles. The topological polar surface area (TPSA) is 51.0 Å². The maximum absolute atomic E-state index is 5.89. The zero-order chi connectivity index (χ0) is 13.1. The molecule has 0 saturated carbocycles. The van der Waals surface area contributed by atoms with Gasteiger partial charge in [-0.25, -0.2) is 0 Å². The summed E-state index contributed by atoms with van der Waals surface area (Å²) in [6.07, 6.45) is 0. The highest BCUT2D eigenvalue weighted by atomic mass is 79.9. The molecule has 1 N–H and O–H groups in total. The van der Waals surface area contributed by atoms with Gasteiger partial charge < -0.3 is 9.73 Å². The smallest absolute Gasteiger partial charge is 0.248 e. The Morgan fingerprint density at radius 1 is 1.39 bits per heavy atom. The van der Waals surface area contributed by atoms with Crippen LogP contribution in [-0.2, 0) is 6.54 Å². The fourth-order valence-electron chi connectivity index (χ4n) is 1.39. The van der Waals surface area contributed by atoms with Gasteiger partial charge in [0.05, 0.1) is 12.1 Å². The van der Waals surface area contributed by atoms with Gasteiger partial charge in [0.25, 0.3) is 0 Å². The molecule has 4 nitrogen and oxygen atoms in total. The molecule has 0 fully saturated rings. The highest BCUT2D eigenvalue weighted by Gasteiger charge is 2.12. The van der Waals surface area contributed by atoms with E-state index in [-0.39, 0.29) is 0 Å². The Morgan fingerprint density at radius 3 is 2.83 bits per heavy atom. The largest absolute Gasteiger partial charge is 0.419 e. The summed E-state index contributed by atoms with van der Waals surface area (Å²) in [6.45, 7) is 4.69. The average molecular weight is 331 g/mol. The van der Waals surface area contributed by atoms with Crippen molar-refractivity contribution < 1.29 is 4.42 Å². The molecule has 0 unspecified atom stereocenters. The number of halogens is 2. The van der Waals surface area contributed by atoms with E-state index in [1.165, 1.54) is 0 Å². The Labute approximate surface area is 119 Å². The summed E-state index contributed by atoms with van der Waals surface area (Å²) < 4.78 is 6.42. The Hall–Kier alpha value is -0.910. The molecule has 0 bridgehead atoms. The summed E-state index contributed by atoms with van der Waals surface area (Å²) in [6, 6.07) is 5.81. The van der Waals surface area contributed by atoms with Gasteiger partial charge in [-0.2, -0.15) is 0 Å². The molecule has 0 aliphatic carbocycles. The maximum Gasteiger partial charge on any atom is 0.248 e. The van der Waals surface area contributed by atoms with Gasteiger partial charge in [0.2, 0.25) is 11.8 Å². The van der Waals surface area contributed by atoms with Crippen molar-refractivity contribution in [2.45, 2.75) is 26.4 Å². The number of hydrogen-bond donors (Lipinski definition) is 1. The lowest BCUT2D eigenvalue weighted by molar-refractivity contribution is 0.458. The summed E-state index contributed by atoms with van der Waals surface area (Å²) in [5, 5.41) is 11.9. The molecule has 1 aromatic heterocycles.